The molecule has 6 nitrogen and oxygen atoms in total. The van der Waals surface area contributed by atoms with Crippen LogP contribution in [0.4, 0.5) is 4.39 Å². The number of rotatable bonds is 4. The highest BCUT2D eigenvalue weighted by atomic mass is 19.1. The number of hydrogen-bond acceptors (Lipinski definition) is 4. The third-order valence-electron chi connectivity index (χ3n) is 5.06. The van der Waals surface area contributed by atoms with Crippen LogP contribution in [0.5, 0.6) is 0 Å². The minimum Gasteiger partial charge on any atom is -0.494 e. The monoisotopic (exact) mass is 393 g/mol. The van der Waals surface area contributed by atoms with E-state index in [9.17, 15) is 19.1 Å². The van der Waals surface area contributed by atoms with Gasteiger partial charge in [0.25, 0.3) is 5.91 Å². The number of halogens is 1. The minimum atomic E-state index is -0.755. The highest BCUT2D eigenvalue weighted by Crippen LogP contribution is 2.19. The predicted molar refractivity (Wildman–Crippen MR) is 110 cm³/mol. The number of allylic oxidation sites excluding steroid dienone is 1. The Morgan fingerprint density at radius 2 is 2.03 bits per heavy atom. The molecule has 0 unspecified atom stereocenters. The summed E-state index contributed by atoms with van der Waals surface area (Å²) in [5.74, 6) is -1.16. The Morgan fingerprint density at radius 3 is 2.86 bits per heavy atom. The topological polar surface area (TPSA) is 85.4 Å². The van der Waals surface area contributed by atoms with Crippen LogP contribution in [0.3, 0.4) is 0 Å². The molecule has 1 aliphatic rings. The molecule has 0 fully saturated rings. The molecule has 1 aromatic heterocycles. The highest BCUT2D eigenvalue weighted by molar-refractivity contribution is 6.00. The molecule has 148 valence electrons. The van der Waals surface area contributed by atoms with E-state index >= 15 is 0 Å². The number of pyridine rings is 1. The van der Waals surface area contributed by atoms with E-state index in [1.807, 2.05) is 12.2 Å². The summed E-state index contributed by atoms with van der Waals surface area (Å²) in [5.41, 5.74) is 1.30. The summed E-state index contributed by atoms with van der Waals surface area (Å²) in [4.78, 5) is 29.9. The number of aromatic amines is 1. The molecule has 4 rings (SSSR count). The summed E-state index contributed by atoms with van der Waals surface area (Å²) in [5, 5.41) is 13.4. The lowest BCUT2D eigenvalue weighted by Crippen LogP contribution is -2.27. The largest absolute Gasteiger partial charge is 0.494 e. The second-order valence-corrected chi connectivity index (χ2v) is 7.01. The molecule has 7 heteroatoms. The first-order chi connectivity index (χ1) is 14.0. The number of nitrogens with one attached hydrogen (secondary N) is 2. The minimum absolute atomic E-state index is 0.141. The van der Waals surface area contributed by atoms with Gasteiger partial charge in [0.2, 0.25) is 0 Å². The molecule has 0 atom stereocenters. The normalized spacial score (nSPS) is 14.1. The van der Waals surface area contributed by atoms with Crippen molar-refractivity contribution in [2.24, 2.45) is 0 Å². The second-order valence-electron chi connectivity index (χ2n) is 7.01. The molecular weight excluding hydrogens is 373 g/mol. The van der Waals surface area contributed by atoms with Crippen LogP contribution in [0.1, 0.15) is 16.8 Å². The van der Waals surface area contributed by atoms with Crippen LogP contribution >= 0.6 is 0 Å². The van der Waals surface area contributed by atoms with Crippen LogP contribution in [-0.2, 0) is 0 Å². The molecule has 0 aliphatic carbocycles. The fourth-order valence-electron chi connectivity index (χ4n) is 3.48. The van der Waals surface area contributed by atoms with Crippen LogP contribution in [0, 0.1) is 5.82 Å². The molecule has 0 saturated heterocycles. The molecule has 0 radical (unpaired) electrons. The van der Waals surface area contributed by atoms with Crippen molar-refractivity contribution >= 4 is 27.7 Å². The average molecular weight is 393 g/mol. The Labute approximate surface area is 166 Å². The van der Waals surface area contributed by atoms with E-state index in [4.69, 9.17) is 0 Å². The van der Waals surface area contributed by atoms with E-state index < -0.39 is 11.7 Å². The van der Waals surface area contributed by atoms with Gasteiger partial charge in [-0.3, -0.25) is 9.59 Å². The Balaban J connectivity index is 1.58. The van der Waals surface area contributed by atoms with Crippen molar-refractivity contribution in [3.63, 3.8) is 0 Å². The zero-order valence-electron chi connectivity index (χ0n) is 15.8. The number of carbonyl (C=O) groups is 1. The molecule has 3 N–H and O–H groups in total. The number of H-pyrrole nitrogens is 1. The number of nitrogens with zero attached hydrogens (tertiary/aromatic N) is 1. The summed E-state index contributed by atoms with van der Waals surface area (Å²) in [6.45, 7) is 0.860. The lowest BCUT2D eigenvalue weighted by molar-refractivity contribution is 0.0950. The van der Waals surface area contributed by atoms with Crippen molar-refractivity contribution in [3.8, 4) is 0 Å². The fraction of sp³-hybridized carbons (Fsp3) is 0.182. The predicted octanol–water partition coefficient (Wildman–Crippen LogP) is 3.21. The lowest BCUT2D eigenvalue weighted by Gasteiger charge is -2.22. The van der Waals surface area contributed by atoms with Crippen molar-refractivity contribution in [1.29, 1.82) is 0 Å². The van der Waals surface area contributed by atoms with Gasteiger partial charge in [-0.05, 0) is 30.7 Å². The molecule has 29 heavy (non-hydrogen) atoms. The molecular formula is C22H20FN3O3. The number of likely N-dealkylation sites (N-methyl/N-ethyl adjacent to an activating group) is 1. The van der Waals surface area contributed by atoms with Gasteiger partial charge < -0.3 is 20.3 Å². The standard InChI is InChI=1S/C22H20FN3O3/c1-26-10-4-5-13(22(26)29)8-9-24-21(28)15-12-19-16(11-17(15)23)20(27)14-6-2-3-7-18(14)25-19/h2-7,11-12,29H,8-10H2,1H3,(H,24,28)(H,25,27). The average Bonchev–Trinajstić information content (AvgIpc) is 2.71. The smallest absolute Gasteiger partial charge is 0.254 e. The molecule has 1 aliphatic heterocycles. The van der Waals surface area contributed by atoms with Gasteiger partial charge >= 0.3 is 0 Å². The lowest BCUT2D eigenvalue weighted by atomic mass is 10.1. The Bertz CT molecular complexity index is 1240. The van der Waals surface area contributed by atoms with Gasteiger partial charge in [-0.1, -0.05) is 24.3 Å². The summed E-state index contributed by atoms with van der Waals surface area (Å²) in [6, 6.07) is 9.43. The number of amides is 1. The van der Waals surface area contributed by atoms with E-state index in [0.29, 0.717) is 35.0 Å². The summed E-state index contributed by atoms with van der Waals surface area (Å²) < 4.78 is 14.6. The van der Waals surface area contributed by atoms with Crippen LogP contribution in [0.15, 0.2) is 64.8 Å². The zero-order valence-corrected chi connectivity index (χ0v) is 15.8. The second kappa shape index (κ2) is 7.43. The van der Waals surface area contributed by atoms with Crippen molar-refractivity contribution in [2.45, 2.75) is 6.42 Å². The van der Waals surface area contributed by atoms with Crippen LogP contribution in [-0.4, -0.2) is 41.0 Å². The molecule has 3 aromatic rings. The highest BCUT2D eigenvalue weighted by Gasteiger charge is 2.16. The van der Waals surface area contributed by atoms with E-state index in [2.05, 4.69) is 10.3 Å². The maximum absolute atomic E-state index is 14.6. The molecule has 0 saturated carbocycles. The number of aromatic nitrogens is 1. The van der Waals surface area contributed by atoms with Gasteiger partial charge in [0.05, 0.1) is 11.1 Å². The number of aliphatic hydroxyl groups excluding tert-OH is 1. The Hall–Kier alpha value is -3.61. The molecule has 0 spiro atoms. The third-order valence-corrected chi connectivity index (χ3v) is 5.06. The maximum atomic E-state index is 14.6. The van der Waals surface area contributed by atoms with E-state index in [1.54, 1.807) is 36.2 Å². The van der Waals surface area contributed by atoms with Crippen molar-refractivity contribution in [3.05, 3.63) is 81.6 Å². The van der Waals surface area contributed by atoms with Gasteiger partial charge in [-0.15, -0.1) is 0 Å². The molecule has 2 aromatic carbocycles. The molecule has 2 heterocycles. The SMILES string of the molecule is CN1CC=CC(CCNC(=O)c2cc3[nH]c4ccccc4c(=O)c3cc2F)=C1O. The number of fused-ring (bicyclic) bond motifs is 2. The number of carbonyl (C=O) groups excluding carboxylic acids is 1. The third kappa shape index (κ3) is 3.47. The van der Waals surface area contributed by atoms with Crippen LogP contribution in [0.25, 0.3) is 21.8 Å². The van der Waals surface area contributed by atoms with E-state index in [1.165, 1.54) is 6.07 Å². The quantitative estimate of drug-likeness (QED) is 0.594. The van der Waals surface area contributed by atoms with E-state index in [-0.39, 0.29) is 28.8 Å². The van der Waals surface area contributed by atoms with Gasteiger partial charge in [0, 0.05) is 42.0 Å². The first-order valence-corrected chi connectivity index (χ1v) is 9.28. The van der Waals surface area contributed by atoms with Gasteiger partial charge in [0.1, 0.15) is 5.82 Å². The van der Waals surface area contributed by atoms with Crippen molar-refractivity contribution < 1.29 is 14.3 Å². The summed E-state index contributed by atoms with van der Waals surface area (Å²) >= 11 is 0. The first kappa shape index (κ1) is 18.7. The van der Waals surface area contributed by atoms with E-state index in [0.717, 1.165) is 6.07 Å². The van der Waals surface area contributed by atoms with Crippen LogP contribution < -0.4 is 10.7 Å². The number of hydrogen-bond donors (Lipinski definition) is 3. The Morgan fingerprint density at radius 1 is 1.24 bits per heavy atom. The molecule has 1 amide bonds. The first-order valence-electron chi connectivity index (χ1n) is 9.28. The molecule has 0 bridgehead atoms. The Kier molecular flexibility index (Phi) is 4.80. The van der Waals surface area contributed by atoms with Gasteiger partial charge in [0.15, 0.2) is 11.3 Å². The van der Waals surface area contributed by atoms with Gasteiger partial charge in [-0.25, -0.2) is 4.39 Å². The summed E-state index contributed by atoms with van der Waals surface area (Å²) in [7, 11) is 1.77. The van der Waals surface area contributed by atoms with Gasteiger partial charge in [-0.2, -0.15) is 0 Å². The van der Waals surface area contributed by atoms with Crippen molar-refractivity contribution in [1.82, 2.24) is 15.2 Å². The number of para-hydroxylation sites is 1. The summed E-state index contributed by atoms with van der Waals surface area (Å²) in [6.07, 6.45) is 4.14. The number of aliphatic hydroxyl groups is 1. The van der Waals surface area contributed by atoms with Crippen LogP contribution in [0.2, 0.25) is 0 Å². The number of benzene rings is 2. The fourth-order valence-corrected chi connectivity index (χ4v) is 3.48. The van der Waals surface area contributed by atoms with Crippen molar-refractivity contribution in [2.75, 3.05) is 20.1 Å². The zero-order chi connectivity index (χ0) is 20.5. The maximum Gasteiger partial charge on any atom is 0.254 e.